The molecule has 0 aliphatic carbocycles. The van der Waals surface area contributed by atoms with Gasteiger partial charge in [0.1, 0.15) is 17.3 Å². The Kier molecular flexibility index (Phi) is 4.09. The molecule has 5 rings (SSSR count). The Labute approximate surface area is 168 Å². The molecule has 0 saturated heterocycles. The van der Waals surface area contributed by atoms with E-state index in [0.717, 1.165) is 33.4 Å². The Bertz CT molecular complexity index is 1230. The fraction of sp³-hybridized carbons (Fsp3) is 0.0769. The molecule has 1 aliphatic rings. The number of hydrogen-bond donors (Lipinski definition) is 0. The molecular formula is C26H19FO2. The maximum Gasteiger partial charge on any atom is 0.180 e. The van der Waals surface area contributed by atoms with Crippen molar-refractivity contribution in [3.63, 3.8) is 0 Å². The summed E-state index contributed by atoms with van der Waals surface area (Å²) in [7, 11) is 1.63. The van der Waals surface area contributed by atoms with E-state index in [4.69, 9.17) is 9.47 Å². The van der Waals surface area contributed by atoms with Gasteiger partial charge in [0.2, 0.25) is 0 Å². The largest absolute Gasteiger partial charge is 0.497 e. The third-order valence-corrected chi connectivity index (χ3v) is 5.48. The third kappa shape index (κ3) is 2.78. The van der Waals surface area contributed by atoms with Crippen LogP contribution in [0.4, 0.5) is 4.39 Å². The predicted octanol–water partition coefficient (Wildman–Crippen LogP) is 6.34. The van der Waals surface area contributed by atoms with E-state index in [2.05, 4.69) is 12.1 Å². The van der Waals surface area contributed by atoms with Gasteiger partial charge in [0.25, 0.3) is 0 Å². The Morgan fingerprint density at radius 3 is 2.38 bits per heavy atom. The van der Waals surface area contributed by atoms with Gasteiger partial charge in [0, 0.05) is 16.7 Å². The van der Waals surface area contributed by atoms with Crippen molar-refractivity contribution >= 4 is 16.8 Å². The van der Waals surface area contributed by atoms with Crippen LogP contribution in [0.15, 0.2) is 91.0 Å². The molecule has 1 atom stereocenters. The van der Waals surface area contributed by atoms with Crippen molar-refractivity contribution in [3.8, 4) is 11.5 Å². The van der Waals surface area contributed by atoms with Crippen molar-refractivity contribution < 1.29 is 13.9 Å². The first-order valence-electron chi connectivity index (χ1n) is 9.51. The molecule has 0 N–H and O–H groups in total. The molecule has 2 nitrogen and oxygen atoms in total. The van der Waals surface area contributed by atoms with Crippen LogP contribution in [-0.4, -0.2) is 7.11 Å². The standard InChI is InChI=1S/C26H19FO2/c1-28-20-13-11-19(12-14-20)26(23-8-4-5-9-24(23)27)17-16-22-21-7-3-2-6-18(21)10-15-25(22)29-26/h2-17H,1H3/t26-/m1/s1. The SMILES string of the molecule is COc1ccc([C@@]2(c3ccccc3F)C=Cc3c(ccc4ccccc34)O2)cc1. The van der Waals surface area contributed by atoms with Crippen LogP contribution < -0.4 is 9.47 Å². The molecule has 3 heteroatoms. The van der Waals surface area contributed by atoms with Crippen molar-refractivity contribution in [2.24, 2.45) is 0 Å². The highest BCUT2D eigenvalue weighted by Crippen LogP contribution is 2.45. The van der Waals surface area contributed by atoms with Gasteiger partial charge in [-0.25, -0.2) is 4.39 Å². The van der Waals surface area contributed by atoms with Crippen molar-refractivity contribution in [1.29, 1.82) is 0 Å². The van der Waals surface area contributed by atoms with Gasteiger partial charge in [0.05, 0.1) is 7.11 Å². The monoisotopic (exact) mass is 382 g/mol. The van der Waals surface area contributed by atoms with Crippen LogP contribution in [0.3, 0.4) is 0 Å². The molecule has 0 unspecified atom stereocenters. The van der Waals surface area contributed by atoms with E-state index in [1.807, 2.05) is 66.7 Å². The van der Waals surface area contributed by atoms with Gasteiger partial charge in [-0.05, 0) is 47.2 Å². The second kappa shape index (κ2) is 6.78. The van der Waals surface area contributed by atoms with Gasteiger partial charge >= 0.3 is 0 Å². The molecule has 0 aromatic heterocycles. The lowest BCUT2D eigenvalue weighted by Gasteiger charge is -2.36. The second-order valence-corrected chi connectivity index (χ2v) is 7.08. The number of benzene rings is 4. The first kappa shape index (κ1) is 17.5. The molecule has 0 saturated carbocycles. The van der Waals surface area contributed by atoms with Gasteiger partial charge in [-0.15, -0.1) is 0 Å². The number of rotatable bonds is 3. The lowest BCUT2D eigenvalue weighted by Crippen LogP contribution is -2.35. The molecule has 0 amide bonds. The normalized spacial score (nSPS) is 17.6. The molecule has 1 aliphatic heterocycles. The molecular weight excluding hydrogens is 363 g/mol. The maximum atomic E-state index is 14.9. The average molecular weight is 382 g/mol. The topological polar surface area (TPSA) is 18.5 Å². The van der Waals surface area contributed by atoms with Crippen LogP contribution in [0.2, 0.25) is 0 Å². The second-order valence-electron chi connectivity index (χ2n) is 7.08. The molecule has 4 aromatic carbocycles. The molecule has 0 spiro atoms. The van der Waals surface area contributed by atoms with Crippen LogP contribution in [0.1, 0.15) is 16.7 Å². The van der Waals surface area contributed by atoms with Gasteiger partial charge in [-0.3, -0.25) is 0 Å². The summed E-state index contributed by atoms with van der Waals surface area (Å²) in [4.78, 5) is 0. The minimum absolute atomic E-state index is 0.308. The zero-order valence-corrected chi connectivity index (χ0v) is 15.9. The van der Waals surface area contributed by atoms with Crippen molar-refractivity contribution in [3.05, 3.63) is 114 Å². The Balaban J connectivity index is 1.74. The minimum Gasteiger partial charge on any atom is -0.497 e. The van der Waals surface area contributed by atoms with Crippen LogP contribution in [0, 0.1) is 5.82 Å². The van der Waals surface area contributed by atoms with Crippen LogP contribution in [0.25, 0.3) is 16.8 Å². The highest BCUT2D eigenvalue weighted by Gasteiger charge is 2.39. The van der Waals surface area contributed by atoms with Gasteiger partial charge in [-0.2, -0.15) is 0 Å². The van der Waals surface area contributed by atoms with Crippen LogP contribution in [-0.2, 0) is 5.60 Å². The van der Waals surface area contributed by atoms with E-state index < -0.39 is 5.60 Å². The Hall–Kier alpha value is -3.59. The highest BCUT2D eigenvalue weighted by molar-refractivity contribution is 5.94. The Morgan fingerprint density at radius 2 is 1.59 bits per heavy atom. The average Bonchev–Trinajstić information content (AvgIpc) is 2.79. The summed E-state index contributed by atoms with van der Waals surface area (Å²) in [5, 5.41) is 2.25. The van der Waals surface area contributed by atoms with E-state index in [-0.39, 0.29) is 5.82 Å². The summed E-state index contributed by atoms with van der Waals surface area (Å²) in [6.45, 7) is 0. The van der Waals surface area contributed by atoms with Gasteiger partial charge in [0.15, 0.2) is 5.60 Å². The van der Waals surface area contributed by atoms with Crippen molar-refractivity contribution in [1.82, 2.24) is 0 Å². The van der Waals surface area contributed by atoms with E-state index >= 15 is 0 Å². The molecule has 29 heavy (non-hydrogen) atoms. The van der Waals surface area contributed by atoms with Gasteiger partial charge < -0.3 is 9.47 Å². The summed E-state index contributed by atoms with van der Waals surface area (Å²) >= 11 is 0. The Morgan fingerprint density at radius 1 is 0.828 bits per heavy atom. The molecule has 0 fully saturated rings. The zero-order chi connectivity index (χ0) is 19.8. The molecule has 142 valence electrons. The van der Waals surface area contributed by atoms with E-state index in [9.17, 15) is 4.39 Å². The summed E-state index contributed by atoms with van der Waals surface area (Å²) < 4.78 is 26.8. The first-order chi connectivity index (χ1) is 14.2. The summed E-state index contributed by atoms with van der Waals surface area (Å²) in [6, 6.07) is 26.5. The molecule has 1 heterocycles. The number of ether oxygens (including phenoxy) is 2. The summed E-state index contributed by atoms with van der Waals surface area (Å²) in [5.41, 5.74) is 1.25. The number of halogens is 1. The van der Waals surface area contributed by atoms with Crippen LogP contribution in [0.5, 0.6) is 11.5 Å². The zero-order valence-electron chi connectivity index (χ0n) is 15.9. The smallest absolute Gasteiger partial charge is 0.180 e. The van der Waals surface area contributed by atoms with Crippen LogP contribution >= 0.6 is 0 Å². The summed E-state index contributed by atoms with van der Waals surface area (Å²) in [6.07, 6.45) is 3.99. The van der Waals surface area contributed by atoms with E-state index in [1.54, 1.807) is 19.2 Å². The van der Waals surface area contributed by atoms with Gasteiger partial charge in [-0.1, -0.05) is 60.7 Å². The number of hydrogen-bond acceptors (Lipinski definition) is 2. The molecule has 0 radical (unpaired) electrons. The third-order valence-electron chi connectivity index (χ3n) is 5.48. The minimum atomic E-state index is -1.06. The molecule has 0 bridgehead atoms. The fourth-order valence-corrected chi connectivity index (χ4v) is 4.00. The van der Waals surface area contributed by atoms with E-state index in [0.29, 0.717) is 5.56 Å². The fourth-order valence-electron chi connectivity index (χ4n) is 4.00. The predicted molar refractivity (Wildman–Crippen MR) is 114 cm³/mol. The van der Waals surface area contributed by atoms with Crippen molar-refractivity contribution in [2.45, 2.75) is 5.60 Å². The number of methoxy groups -OCH3 is 1. The lowest BCUT2D eigenvalue weighted by atomic mass is 9.83. The number of fused-ring (bicyclic) bond motifs is 3. The highest BCUT2D eigenvalue weighted by atomic mass is 19.1. The lowest BCUT2D eigenvalue weighted by molar-refractivity contribution is 0.156. The van der Waals surface area contributed by atoms with E-state index in [1.165, 1.54) is 6.07 Å². The quantitative estimate of drug-likeness (QED) is 0.412. The maximum absolute atomic E-state index is 14.9. The summed E-state index contributed by atoms with van der Waals surface area (Å²) in [5.74, 6) is 1.16. The molecule has 4 aromatic rings. The van der Waals surface area contributed by atoms with Crippen molar-refractivity contribution in [2.75, 3.05) is 7.11 Å². The first-order valence-corrected chi connectivity index (χ1v) is 9.51.